The third-order valence-corrected chi connectivity index (χ3v) is 5.24. The third kappa shape index (κ3) is 4.68. The normalized spacial score (nSPS) is 16.2. The molecule has 0 aromatic heterocycles. The molecule has 0 N–H and O–H groups in total. The van der Waals surface area contributed by atoms with Gasteiger partial charge in [0.25, 0.3) is 0 Å². The third-order valence-electron chi connectivity index (χ3n) is 5.24. The molecule has 1 saturated heterocycles. The van der Waals surface area contributed by atoms with Gasteiger partial charge in [-0.3, -0.25) is 9.91 Å². The summed E-state index contributed by atoms with van der Waals surface area (Å²) in [5, 5.41) is 9.56. The van der Waals surface area contributed by atoms with Crippen molar-refractivity contribution in [2.75, 3.05) is 26.2 Å². The van der Waals surface area contributed by atoms with E-state index in [4.69, 9.17) is 0 Å². The van der Waals surface area contributed by atoms with Crippen LogP contribution in [-0.4, -0.2) is 42.3 Å². The number of nitrogens with zero attached hydrogens (tertiary/aromatic N) is 3. The Labute approximate surface area is 167 Å². The highest BCUT2D eigenvalue weighted by molar-refractivity contribution is 5.85. The number of fused-ring (bicyclic) bond motifs is 1. The number of allylic oxidation sites excluding steroid dienone is 1. The van der Waals surface area contributed by atoms with Crippen LogP contribution in [0.4, 0.5) is 0 Å². The SMILES string of the molecule is CC(/C=N\N1CCN(Cc2cccc3ccccc23)CC1)=C\c1ccccc1. The van der Waals surface area contributed by atoms with E-state index in [1.807, 2.05) is 12.3 Å². The first-order valence-electron chi connectivity index (χ1n) is 9.99. The van der Waals surface area contributed by atoms with Crippen LogP contribution in [-0.2, 0) is 6.54 Å². The van der Waals surface area contributed by atoms with Crippen LogP contribution in [0, 0.1) is 0 Å². The minimum atomic E-state index is 0.972. The van der Waals surface area contributed by atoms with Crippen LogP contribution in [0.5, 0.6) is 0 Å². The molecule has 0 atom stereocenters. The molecular weight excluding hydrogens is 342 g/mol. The topological polar surface area (TPSA) is 18.8 Å². The summed E-state index contributed by atoms with van der Waals surface area (Å²) in [6, 6.07) is 25.7. The zero-order chi connectivity index (χ0) is 19.2. The predicted molar refractivity (Wildman–Crippen MR) is 119 cm³/mol. The molecule has 4 rings (SSSR count). The second kappa shape index (κ2) is 8.85. The van der Waals surface area contributed by atoms with Crippen LogP contribution in [0.25, 0.3) is 16.8 Å². The summed E-state index contributed by atoms with van der Waals surface area (Å²) >= 11 is 0. The monoisotopic (exact) mass is 369 g/mol. The molecular formula is C25H27N3. The lowest BCUT2D eigenvalue weighted by atomic mass is 10.0. The zero-order valence-electron chi connectivity index (χ0n) is 16.5. The Morgan fingerprint density at radius 3 is 2.39 bits per heavy atom. The Morgan fingerprint density at radius 2 is 1.57 bits per heavy atom. The van der Waals surface area contributed by atoms with Gasteiger partial charge in [0.1, 0.15) is 0 Å². The molecule has 0 aliphatic carbocycles. The van der Waals surface area contributed by atoms with E-state index in [0.29, 0.717) is 0 Å². The minimum absolute atomic E-state index is 0.972. The maximum Gasteiger partial charge on any atom is 0.0499 e. The van der Waals surface area contributed by atoms with Gasteiger partial charge < -0.3 is 0 Å². The molecule has 1 heterocycles. The van der Waals surface area contributed by atoms with Gasteiger partial charge in [-0.15, -0.1) is 0 Å². The van der Waals surface area contributed by atoms with E-state index in [1.165, 1.54) is 27.5 Å². The Bertz CT molecular complexity index is 962. The van der Waals surface area contributed by atoms with Crippen LogP contribution in [0.2, 0.25) is 0 Å². The summed E-state index contributed by atoms with van der Waals surface area (Å²) in [7, 11) is 0. The average Bonchev–Trinajstić information content (AvgIpc) is 2.74. The van der Waals surface area contributed by atoms with Crippen molar-refractivity contribution in [3.05, 3.63) is 89.5 Å². The molecule has 1 fully saturated rings. The van der Waals surface area contributed by atoms with E-state index in [9.17, 15) is 0 Å². The molecule has 0 amide bonds. The van der Waals surface area contributed by atoms with Crippen LogP contribution >= 0.6 is 0 Å². The van der Waals surface area contributed by atoms with E-state index >= 15 is 0 Å². The van der Waals surface area contributed by atoms with Gasteiger partial charge in [-0.1, -0.05) is 78.9 Å². The molecule has 1 aliphatic rings. The Hall–Kier alpha value is -2.91. The zero-order valence-corrected chi connectivity index (χ0v) is 16.5. The van der Waals surface area contributed by atoms with Gasteiger partial charge in [-0.2, -0.15) is 5.10 Å². The fourth-order valence-electron chi connectivity index (χ4n) is 3.70. The molecule has 0 bridgehead atoms. The van der Waals surface area contributed by atoms with Gasteiger partial charge in [-0.05, 0) is 34.4 Å². The molecule has 28 heavy (non-hydrogen) atoms. The summed E-state index contributed by atoms with van der Waals surface area (Å²) in [4.78, 5) is 2.53. The molecule has 3 heteroatoms. The molecule has 0 spiro atoms. The lowest BCUT2D eigenvalue weighted by molar-refractivity contribution is 0.131. The van der Waals surface area contributed by atoms with Crippen LogP contribution in [0.1, 0.15) is 18.1 Å². The number of rotatable bonds is 5. The molecule has 0 radical (unpaired) electrons. The smallest absolute Gasteiger partial charge is 0.0499 e. The van der Waals surface area contributed by atoms with Crippen molar-refractivity contribution in [3.8, 4) is 0 Å². The van der Waals surface area contributed by atoms with E-state index in [0.717, 1.165) is 32.7 Å². The lowest BCUT2D eigenvalue weighted by Crippen LogP contribution is -2.43. The number of hydrazone groups is 1. The summed E-state index contributed by atoms with van der Waals surface area (Å²) in [5.41, 5.74) is 3.80. The Morgan fingerprint density at radius 1 is 0.857 bits per heavy atom. The molecule has 3 aromatic rings. The second-order valence-corrected chi connectivity index (χ2v) is 7.41. The largest absolute Gasteiger partial charge is 0.295 e. The van der Waals surface area contributed by atoms with Crippen molar-refractivity contribution in [1.82, 2.24) is 9.91 Å². The highest BCUT2D eigenvalue weighted by atomic mass is 15.5. The van der Waals surface area contributed by atoms with Gasteiger partial charge in [-0.25, -0.2) is 0 Å². The van der Waals surface area contributed by atoms with E-state index in [-0.39, 0.29) is 0 Å². The standard InChI is InChI=1S/C25H27N3/c1-21(18-22-8-3-2-4-9-22)19-26-28-16-14-27(15-17-28)20-24-12-7-11-23-10-5-6-13-25(23)24/h2-13,18-19H,14-17,20H2,1H3/b21-18+,26-19-. The fourth-order valence-corrected chi connectivity index (χ4v) is 3.70. The van der Waals surface area contributed by atoms with E-state index in [1.54, 1.807) is 0 Å². The Balaban J connectivity index is 1.33. The number of hydrogen-bond donors (Lipinski definition) is 0. The van der Waals surface area contributed by atoms with Gasteiger partial charge in [0.15, 0.2) is 0 Å². The maximum absolute atomic E-state index is 4.68. The van der Waals surface area contributed by atoms with Gasteiger partial charge in [0.05, 0.1) is 0 Å². The van der Waals surface area contributed by atoms with Gasteiger partial charge in [0, 0.05) is 38.9 Å². The summed E-state index contributed by atoms with van der Waals surface area (Å²) in [6.07, 6.45) is 4.15. The second-order valence-electron chi connectivity index (χ2n) is 7.41. The summed E-state index contributed by atoms with van der Waals surface area (Å²) < 4.78 is 0. The first-order chi connectivity index (χ1) is 13.8. The minimum Gasteiger partial charge on any atom is -0.295 e. The lowest BCUT2D eigenvalue weighted by Gasteiger charge is -2.33. The van der Waals surface area contributed by atoms with Crippen molar-refractivity contribution in [2.24, 2.45) is 5.10 Å². The Kier molecular flexibility index (Phi) is 5.83. The molecule has 3 aromatic carbocycles. The number of piperazine rings is 1. The van der Waals surface area contributed by atoms with Crippen molar-refractivity contribution in [2.45, 2.75) is 13.5 Å². The average molecular weight is 370 g/mol. The maximum atomic E-state index is 4.68. The number of benzene rings is 3. The highest BCUT2D eigenvalue weighted by Crippen LogP contribution is 2.20. The molecule has 3 nitrogen and oxygen atoms in total. The summed E-state index contributed by atoms with van der Waals surface area (Å²) in [5.74, 6) is 0. The summed E-state index contributed by atoms with van der Waals surface area (Å²) in [6.45, 7) is 7.14. The van der Waals surface area contributed by atoms with Gasteiger partial charge >= 0.3 is 0 Å². The van der Waals surface area contributed by atoms with Crippen molar-refractivity contribution < 1.29 is 0 Å². The van der Waals surface area contributed by atoms with E-state index in [2.05, 4.69) is 94.7 Å². The van der Waals surface area contributed by atoms with Crippen LogP contribution in [0.15, 0.2) is 83.5 Å². The fraction of sp³-hybridized carbons (Fsp3) is 0.240. The van der Waals surface area contributed by atoms with Crippen LogP contribution in [0.3, 0.4) is 0 Å². The van der Waals surface area contributed by atoms with Crippen molar-refractivity contribution in [3.63, 3.8) is 0 Å². The molecule has 0 unspecified atom stereocenters. The molecule has 1 aliphatic heterocycles. The molecule has 142 valence electrons. The van der Waals surface area contributed by atoms with Gasteiger partial charge in [0.2, 0.25) is 0 Å². The van der Waals surface area contributed by atoms with Crippen molar-refractivity contribution >= 4 is 23.1 Å². The highest BCUT2D eigenvalue weighted by Gasteiger charge is 2.16. The predicted octanol–water partition coefficient (Wildman–Crippen LogP) is 5.05. The van der Waals surface area contributed by atoms with Crippen LogP contribution < -0.4 is 0 Å². The van der Waals surface area contributed by atoms with Crippen molar-refractivity contribution in [1.29, 1.82) is 0 Å². The molecule has 0 saturated carbocycles. The van der Waals surface area contributed by atoms with E-state index < -0.39 is 0 Å². The quantitative estimate of drug-likeness (QED) is 0.586. The first-order valence-corrected chi connectivity index (χ1v) is 9.99. The number of hydrogen-bond acceptors (Lipinski definition) is 3. The first kappa shape index (κ1) is 18.5.